The van der Waals surface area contributed by atoms with Crippen molar-refractivity contribution in [3.8, 4) is 0 Å². The van der Waals surface area contributed by atoms with E-state index in [2.05, 4.69) is 65.7 Å². The van der Waals surface area contributed by atoms with Crippen molar-refractivity contribution >= 4 is 86.7 Å². The molecule has 2 aromatic rings. The van der Waals surface area contributed by atoms with Gasteiger partial charge in [0.25, 0.3) is 0 Å². The summed E-state index contributed by atoms with van der Waals surface area (Å²) < 4.78 is 12.8. The lowest BCUT2D eigenvalue weighted by atomic mass is 9.76. The molecule has 38 heavy (non-hydrogen) atoms. The maximum atomic E-state index is 6.00. The predicted molar refractivity (Wildman–Crippen MR) is 171 cm³/mol. The molecule has 1 saturated heterocycles. The molecule has 0 atom stereocenters. The smallest absolute Gasteiger partial charge is 0.400 e. The van der Waals surface area contributed by atoms with E-state index in [1.165, 1.54) is 16.8 Å². The quantitative estimate of drug-likeness (QED) is 0.251. The average Bonchev–Trinajstić information content (AvgIpc) is 3.10. The minimum Gasteiger partial charge on any atom is -0.400 e. The fourth-order valence-corrected chi connectivity index (χ4v) is 5.94. The van der Waals surface area contributed by atoms with Gasteiger partial charge in [-0.15, -0.1) is 0 Å². The Hall–Kier alpha value is -0.875. The molecule has 0 unspecified atom stereocenters. The molecular formula is C26H34BBrCl2N4O2S2. The van der Waals surface area contributed by atoms with Crippen molar-refractivity contribution in [2.24, 2.45) is 0 Å². The lowest BCUT2D eigenvalue weighted by Gasteiger charge is -2.32. The van der Waals surface area contributed by atoms with Gasteiger partial charge in [0.2, 0.25) is 0 Å². The molecule has 0 aliphatic carbocycles. The Labute approximate surface area is 253 Å². The average molecular weight is 660 g/mol. The highest BCUT2D eigenvalue weighted by atomic mass is 79.9. The monoisotopic (exact) mass is 658 g/mol. The van der Waals surface area contributed by atoms with Gasteiger partial charge in [0, 0.05) is 35.2 Å². The highest BCUT2D eigenvalue weighted by Gasteiger charge is 2.52. The molecule has 5 heterocycles. The maximum Gasteiger partial charge on any atom is 0.490 e. The second-order valence-corrected chi connectivity index (χ2v) is 13.8. The number of pyridine rings is 2. The Morgan fingerprint density at radius 2 is 1.42 bits per heavy atom. The van der Waals surface area contributed by atoms with Gasteiger partial charge in [0.1, 0.15) is 10.3 Å². The zero-order chi connectivity index (χ0) is 27.9. The minimum absolute atomic E-state index is 0.115. The Balaban J connectivity index is 0.000000163. The molecule has 0 aromatic carbocycles. The second kappa shape index (κ2) is 14.1. The first-order valence-electron chi connectivity index (χ1n) is 12.3. The van der Waals surface area contributed by atoms with E-state index in [4.69, 9.17) is 44.0 Å². The topological polar surface area (TPSA) is 96.3 Å². The zero-order valence-corrected chi connectivity index (χ0v) is 26.8. The van der Waals surface area contributed by atoms with Gasteiger partial charge < -0.3 is 20.8 Å². The van der Waals surface area contributed by atoms with E-state index >= 15 is 0 Å². The van der Waals surface area contributed by atoms with Gasteiger partial charge in [0.05, 0.1) is 21.4 Å². The number of nitrogens with two attached hydrogens (primary N) is 2. The number of hydrogen-bond acceptors (Lipinski definition) is 8. The van der Waals surface area contributed by atoms with Crippen LogP contribution in [0.25, 0.3) is 5.57 Å². The van der Waals surface area contributed by atoms with Crippen molar-refractivity contribution in [2.45, 2.75) is 51.7 Å². The first-order chi connectivity index (χ1) is 17.9. The molecule has 3 aliphatic heterocycles. The van der Waals surface area contributed by atoms with E-state index in [0.717, 1.165) is 45.8 Å². The summed E-state index contributed by atoms with van der Waals surface area (Å²) in [5, 5.41) is 0.868. The number of halogens is 3. The van der Waals surface area contributed by atoms with Crippen molar-refractivity contribution in [3.63, 3.8) is 0 Å². The molecule has 0 spiro atoms. The number of rotatable bonds is 2. The second-order valence-electron chi connectivity index (χ2n) is 9.87. The lowest BCUT2D eigenvalue weighted by molar-refractivity contribution is 0.00578. The molecule has 5 rings (SSSR count). The Kier molecular flexibility index (Phi) is 11.8. The van der Waals surface area contributed by atoms with Crippen LogP contribution in [0.4, 0.5) is 11.4 Å². The van der Waals surface area contributed by atoms with E-state index in [-0.39, 0.29) is 18.3 Å². The van der Waals surface area contributed by atoms with Crippen molar-refractivity contribution < 1.29 is 9.31 Å². The number of thioether (sulfide) groups is 2. The fourth-order valence-electron chi connectivity index (χ4n) is 3.66. The molecule has 6 nitrogen and oxygen atoms in total. The first kappa shape index (κ1) is 31.6. The van der Waals surface area contributed by atoms with Gasteiger partial charge in [0.15, 0.2) is 0 Å². The van der Waals surface area contributed by atoms with E-state index in [0.29, 0.717) is 16.0 Å². The predicted octanol–water partition coefficient (Wildman–Crippen LogP) is 7.60. The van der Waals surface area contributed by atoms with Gasteiger partial charge in [-0.3, -0.25) is 0 Å². The highest BCUT2D eigenvalue weighted by molar-refractivity contribution is 9.10. The van der Waals surface area contributed by atoms with Crippen LogP contribution in [0.15, 0.2) is 46.6 Å². The number of aromatic nitrogens is 2. The summed E-state index contributed by atoms with van der Waals surface area (Å²) in [5.41, 5.74) is 15.9. The summed E-state index contributed by atoms with van der Waals surface area (Å²) in [6.07, 6.45) is 9.97. The Morgan fingerprint density at radius 3 is 1.89 bits per heavy atom. The summed E-state index contributed by atoms with van der Waals surface area (Å²) in [6, 6.07) is 3.30. The van der Waals surface area contributed by atoms with Crippen LogP contribution in [0.3, 0.4) is 0 Å². The third kappa shape index (κ3) is 8.81. The maximum absolute atomic E-state index is 6.00. The molecule has 0 saturated carbocycles. The normalized spacial score (nSPS) is 19.8. The minimum atomic E-state index is -0.205. The van der Waals surface area contributed by atoms with E-state index in [1.807, 2.05) is 23.5 Å². The first-order valence-corrected chi connectivity index (χ1v) is 16.1. The molecule has 3 aliphatic rings. The molecule has 12 heteroatoms. The van der Waals surface area contributed by atoms with Crippen molar-refractivity contribution in [1.29, 1.82) is 0 Å². The van der Waals surface area contributed by atoms with E-state index in [1.54, 1.807) is 24.5 Å². The van der Waals surface area contributed by atoms with Crippen LogP contribution >= 0.6 is 62.7 Å². The summed E-state index contributed by atoms with van der Waals surface area (Å²) in [6.45, 7) is 8.41. The number of nitrogen functional groups attached to an aromatic ring is 2. The molecular weight excluding hydrogens is 626 g/mol. The number of hydrogen-bond donors (Lipinski definition) is 2. The number of nitrogens with zero attached hydrogens (tertiary/aromatic N) is 2. The Bertz CT molecular complexity index is 1170. The summed E-state index contributed by atoms with van der Waals surface area (Å²) in [4.78, 5) is 7.83. The van der Waals surface area contributed by atoms with Crippen LogP contribution < -0.4 is 11.5 Å². The van der Waals surface area contributed by atoms with Crippen molar-refractivity contribution in [2.75, 3.05) is 34.5 Å². The largest absolute Gasteiger partial charge is 0.490 e. The van der Waals surface area contributed by atoms with Gasteiger partial charge in [-0.25, -0.2) is 9.97 Å². The van der Waals surface area contributed by atoms with Crippen molar-refractivity contribution in [1.82, 2.24) is 9.97 Å². The molecule has 206 valence electrons. The highest BCUT2D eigenvalue weighted by Crippen LogP contribution is 2.39. The van der Waals surface area contributed by atoms with Crippen LogP contribution in [0.5, 0.6) is 0 Å². The van der Waals surface area contributed by atoms with Crippen LogP contribution in [0, 0.1) is 0 Å². The standard InChI is InChI=1S/C11H19BO2S.C10H11ClN2S.C5H4BrClN2/c1-10(2)11(3,4)14-12(13-10)9-5-7-15-8-6-9;11-10-5-9(12)8(6-13-10)7-1-3-14-4-2-7;6-3-2-9-5(7)1-4(3)8/h5H,6-8H2,1-4H3;1,5-6H,2-4H2,(H2,12,13);1-2H,(H2,8,9). The van der Waals surface area contributed by atoms with Crippen LogP contribution in [0.2, 0.25) is 10.3 Å². The molecule has 0 bridgehead atoms. The number of anilines is 2. The van der Waals surface area contributed by atoms with E-state index < -0.39 is 0 Å². The van der Waals surface area contributed by atoms with Crippen molar-refractivity contribution in [3.05, 3.63) is 62.5 Å². The van der Waals surface area contributed by atoms with Crippen LogP contribution in [-0.4, -0.2) is 51.3 Å². The molecule has 4 N–H and O–H groups in total. The third-order valence-electron chi connectivity index (χ3n) is 6.62. The van der Waals surface area contributed by atoms with Crippen LogP contribution in [0.1, 0.15) is 46.1 Å². The van der Waals surface area contributed by atoms with Crippen LogP contribution in [-0.2, 0) is 9.31 Å². The third-order valence-corrected chi connectivity index (χ3v) is 9.48. The van der Waals surface area contributed by atoms with Gasteiger partial charge >= 0.3 is 7.12 Å². The van der Waals surface area contributed by atoms with E-state index in [9.17, 15) is 0 Å². The molecule has 0 radical (unpaired) electrons. The summed E-state index contributed by atoms with van der Waals surface area (Å²) in [5.74, 6) is 4.51. The molecule has 1 fully saturated rings. The van der Waals surface area contributed by atoms with Gasteiger partial charge in [-0.2, -0.15) is 23.5 Å². The fraction of sp³-hybridized carbons (Fsp3) is 0.462. The van der Waals surface area contributed by atoms with Gasteiger partial charge in [-0.1, -0.05) is 35.4 Å². The van der Waals surface area contributed by atoms with Gasteiger partial charge in [-0.05, 0) is 91.2 Å². The molecule has 0 amide bonds. The Morgan fingerprint density at radius 1 is 0.868 bits per heavy atom. The number of allylic oxidation sites excluding steroid dienone is 2. The summed E-state index contributed by atoms with van der Waals surface area (Å²) in [7, 11) is -0.115. The zero-order valence-electron chi connectivity index (χ0n) is 22.1. The molecule has 2 aromatic heterocycles. The lowest BCUT2D eigenvalue weighted by Crippen LogP contribution is -2.41. The SMILES string of the molecule is CC1(C)OB(C2=CCSCC2)OC1(C)C.Nc1cc(Cl)ncc1Br.Nc1cc(Cl)ncc1C1=CCSCC1. The summed E-state index contributed by atoms with van der Waals surface area (Å²) >= 11 is 18.3.